The Morgan fingerprint density at radius 3 is 2.05 bits per heavy atom. The Kier molecular flexibility index (Phi) is 10.6. The van der Waals surface area contributed by atoms with Crippen molar-refractivity contribution in [1.29, 1.82) is 0 Å². The summed E-state index contributed by atoms with van der Waals surface area (Å²) in [7, 11) is 4.33. The first-order chi connectivity index (χ1) is 9.01. The van der Waals surface area contributed by atoms with Crippen LogP contribution in [0, 0.1) is 0 Å². The van der Waals surface area contributed by atoms with Crippen molar-refractivity contribution in [3.63, 3.8) is 0 Å². The minimum Gasteiger partial charge on any atom is -0.313 e. The molecule has 3 nitrogen and oxygen atoms in total. The first-order valence-corrected chi connectivity index (χ1v) is 8.15. The standard InChI is InChI=1S/C16H37N3/c1-8-12-15(17-10-3)16(9-2)19(11-4)14(5)13-18(6)7/h14-17H,8-13H2,1-7H3. The number of likely N-dealkylation sites (N-methyl/N-ethyl adjacent to an activating group) is 3. The van der Waals surface area contributed by atoms with Gasteiger partial charge in [-0.3, -0.25) is 4.90 Å². The summed E-state index contributed by atoms with van der Waals surface area (Å²) in [6.45, 7) is 14.8. The molecule has 3 unspecified atom stereocenters. The van der Waals surface area contributed by atoms with Crippen molar-refractivity contribution in [3.8, 4) is 0 Å². The van der Waals surface area contributed by atoms with Crippen LogP contribution in [-0.4, -0.2) is 61.7 Å². The Bertz CT molecular complexity index is 200. The van der Waals surface area contributed by atoms with Gasteiger partial charge in [0.1, 0.15) is 0 Å². The summed E-state index contributed by atoms with van der Waals surface area (Å²) in [6.07, 6.45) is 3.76. The number of rotatable bonds is 11. The molecule has 0 saturated carbocycles. The van der Waals surface area contributed by atoms with Gasteiger partial charge in [0.05, 0.1) is 0 Å². The summed E-state index contributed by atoms with van der Waals surface area (Å²) in [6, 6.07) is 1.90. The molecule has 0 saturated heterocycles. The maximum atomic E-state index is 3.70. The first kappa shape index (κ1) is 18.9. The van der Waals surface area contributed by atoms with Crippen molar-refractivity contribution in [3.05, 3.63) is 0 Å². The minimum atomic E-state index is 0.614. The van der Waals surface area contributed by atoms with E-state index < -0.39 is 0 Å². The lowest BCUT2D eigenvalue weighted by Gasteiger charge is -2.41. The third kappa shape index (κ3) is 6.73. The molecule has 3 atom stereocenters. The van der Waals surface area contributed by atoms with Crippen molar-refractivity contribution in [2.45, 2.75) is 72.0 Å². The lowest BCUT2D eigenvalue weighted by molar-refractivity contribution is 0.0953. The van der Waals surface area contributed by atoms with E-state index in [0.717, 1.165) is 19.6 Å². The van der Waals surface area contributed by atoms with Gasteiger partial charge in [-0.1, -0.05) is 34.1 Å². The largest absolute Gasteiger partial charge is 0.313 e. The van der Waals surface area contributed by atoms with Crippen molar-refractivity contribution >= 4 is 0 Å². The Morgan fingerprint density at radius 1 is 1.05 bits per heavy atom. The summed E-state index contributed by atoms with van der Waals surface area (Å²) in [5, 5.41) is 3.70. The number of hydrogen-bond donors (Lipinski definition) is 1. The lowest BCUT2D eigenvalue weighted by atomic mass is 9.97. The molecule has 0 aromatic heterocycles. The Morgan fingerprint density at radius 2 is 1.68 bits per heavy atom. The van der Waals surface area contributed by atoms with Gasteiger partial charge in [0.2, 0.25) is 0 Å². The van der Waals surface area contributed by atoms with Crippen LogP contribution in [0.3, 0.4) is 0 Å². The van der Waals surface area contributed by atoms with Gasteiger partial charge in [-0.2, -0.15) is 0 Å². The predicted octanol–water partition coefficient (Wildman–Crippen LogP) is 2.82. The Labute approximate surface area is 121 Å². The van der Waals surface area contributed by atoms with Gasteiger partial charge >= 0.3 is 0 Å². The van der Waals surface area contributed by atoms with Crippen LogP contribution in [0.25, 0.3) is 0 Å². The second-order valence-corrected chi connectivity index (χ2v) is 5.87. The lowest BCUT2D eigenvalue weighted by Crippen LogP contribution is -2.54. The molecule has 3 heteroatoms. The molecule has 0 aliphatic carbocycles. The fraction of sp³-hybridized carbons (Fsp3) is 1.00. The molecule has 0 aliphatic rings. The van der Waals surface area contributed by atoms with Crippen LogP contribution in [0.2, 0.25) is 0 Å². The van der Waals surface area contributed by atoms with Gasteiger partial charge in [0.15, 0.2) is 0 Å². The molecule has 0 rings (SSSR count). The zero-order valence-electron chi connectivity index (χ0n) is 14.4. The van der Waals surface area contributed by atoms with Crippen LogP contribution in [0.1, 0.15) is 53.9 Å². The molecule has 0 fully saturated rings. The number of nitrogens with zero attached hydrogens (tertiary/aromatic N) is 2. The number of nitrogens with one attached hydrogen (secondary N) is 1. The Hall–Kier alpha value is -0.120. The SMILES string of the molecule is CCCC(NCC)C(CC)N(CC)C(C)CN(C)C. The van der Waals surface area contributed by atoms with Crippen LogP contribution in [0.4, 0.5) is 0 Å². The molecule has 0 aliphatic heterocycles. The van der Waals surface area contributed by atoms with E-state index in [2.05, 4.69) is 63.8 Å². The molecule has 0 radical (unpaired) electrons. The van der Waals surface area contributed by atoms with Crippen molar-refractivity contribution < 1.29 is 0 Å². The Balaban J connectivity index is 4.81. The topological polar surface area (TPSA) is 18.5 Å². The highest BCUT2D eigenvalue weighted by molar-refractivity contribution is 4.86. The third-order valence-corrected chi connectivity index (χ3v) is 3.94. The van der Waals surface area contributed by atoms with E-state index in [9.17, 15) is 0 Å². The van der Waals surface area contributed by atoms with Crippen molar-refractivity contribution in [2.24, 2.45) is 0 Å². The molecule has 0 heterocycles. The molecule has 0 aromatic rings. The maximum Gasteiger partial charge on any atom is 0.0249 e. The van der Waals surface area contributed by atoms with E-state index in [-0.39, 0.29) is 0 Å². The fourth-order valence-corrected chi connectivity index (χ4v) is 3.26. The summed E-state index contributed by atoms with van der Waals surface area (Å²) in [5.41, 5.74) is 0. The highest BCUT2D eigenvalue weighted by Crippen LogP contribution is 2.17. The summed E-state index contributed by atoms with van der Waals surface area (Å²) in [4.78, 5) is 4.98. The summed E-state index contributed by atoms with van der Waals surface area (Å²) in [5.74, 6) is 0. The van der Waals surface area contributed by atoms with Crippen LogP contribution in [0.5, 0.6) is 0 Å². The third-order valence-electron chi connectivity index (χ3n) is 3.94. The zero-order valence-corrected chi connectivity index (χ0v) is 14.4. The summed E-state index contributed by atoms with van der Waals surface area (Å²) >= 11 is 0. The van der Waals surface area contributed by atoms with Crippen molar-refractivity contribution in [2.75, 3.05) is 33.7 Å². The van der Waals surface area contributed by atoms with E-state index in [4.69, 9.17) is 0 Å². The van der Waals surface area contributed by atoms with Gasteiger partial charge < -0.3 is 10.2 Å². The van der Waals surface area contributed by atoms with Crippen LogP contribution in [0.15, 0.2) is 0 Å². The van der Waals surface area contributed by atoms with Gasteiger partial charge in [0.25, 0.3) is 0 Å². The van der Waals surface area contributed by atoms with E-state index in [0.29, 0.717) is 18.1 Å². The van der Waals surface area contributed by atoms with Crippen LogP contribution < -0.4 is 5.32 Å². The van der Waals surface area contributed by atoms with Crippen LogP contribution >= 0.6 is 0 Å². The van der Waals surface area contributed by atoms with E-state index >= 15 is 0 Å². The minimum absolute atomic E-state index is 0.614. The van der Waals surface area contributed by atoms with Gasteiger partial charge in [-0.15, -0.1) is 0 Å². The van der Waals surface area contributed by atoms with E-state index in [1.54, 1.807) is 0 Å². The molecule has 0 aromatic carbocycles. The highest BCUT2D eigenvalue weighted by atomic mass is 15.2. The maximum absolute atomic E-state index is 3.70. The zero-order chi connectivity index (χ0) is 14.8. The average molecular weight is 271 g/mol. The second kappa shape index (κ2) is 10.6. The quantitative estimate of drug-likeness (QED) is 0.623. The van der Waals surface area contributed by atoms with Gasteiger partial charge in [-0.25, -0.2) is 0 Å². The first-order valence-electron chi connectivity index (χ1n) is 8.15. The molecule has 19 heavy (non-hydrogen) atoms. The second-order valence-electron chi connectivity index (χ2n) is 5.87. The molecule has 116 valence electrons. The fourth-order valence-electron chi connectivity index (χ4n) is 3.26. The molecule has 0 amide bonds. The molecule has 1 N–H and O–H groups in total. The molecular weight excluding hydrogens is 234 g/mol. The summed E-state index contributed by atoms with van der Waals surface area (Å²) < 4.78 is 0. The van der Waals surface area contributed by atoms with Gasteiger partial charge in [0, 0.05) is 24.7 Å². The highest BCUT2D eigenvalue weighted by Gasteiger charge is 2.27. The monoisotopic (exact) mass is 271 g/mol. The molecular formula is C16H37N3. The molecule has 0 bridgehead atoms. The predicted molar refractivity (Wildman–Crippen MR) is 86.8 cm³/mol. The van der Waals surface area contributed by atoms with E-state index in [1.807, 2.05) is 0 Å². The van der Waals surface area contributed by atoms with E-state index in [1.165, 1.54) is 19.3 Å². The average Bonchev–Trinajstić information content (AvgIpc) is 2.34. The van der Waals surface area contributed by atoms with Crippen molar-refractivity contribution in [1.82, 2.24) is 15.1 Å². The molecule has 0 spiro atoms. The normalized spacial score (nSPS) is 16.9. The number of hydrogen-bond acceptors (Lipinski definition) is 3. The van der Waals surface area contributed by atoms with Crippen LogP contribution in [-0.2, 0) is 0 Å². The van der Waals surface area contributed by atoms with Gasteiger partial charge in [-0.05, 0) is 47.0 Å². The smallest absolute Gasteiger partial charge is 0.0249 e.